The standard InChI is InChI=1S/C25H31Cl2N5O4.HI/c1-32(15-8-25(9-16-32)23(35)28-24(36)29-25)14-2-10-30-12-13-31(11-7-22(30)34)21(33)6-4-18-3-5-19(26)20(27)17-18;/h3-6,17H,2,7-16H2,1H3,(H-,28,29,35,36);1H/b6-4+;. The molecule has 3 saturated heterocycles. The van der Waals surface area contributed by atoms with Crippen LogP contribution in [-0.2, 0) is 14.4 Å². The number of imide groups is 1. The molecule has 3 aliphatic rings. The van der Waals surface area contributed by atoms with Crippen molar-refractivity contribution in [2.45, 2.75) is 31.2 Å². The number of hydrogen-bond donors (Lipinski definition) is 2. The van der Waals surface area contributed by atoms with Crippen molar-refractivity contribution in [3.8, 4) is 0 Å². The molecule has 0 unspecified atom stereocenters. The van der Waals surface area contributed by atoms with Gasteiger partial charge in [-0.15, -0.1) is 0 Å². The Hall–Kier alpha value is -1.89. The van der Waals surface area contributed by atoms with E-state index < -0.39 is 11.6 Å². The van der Waals surface area contributed by atoms with Crippen LogP contribution in [0.5, 0.6) is 0 Å². The molecule has 202 valence electrons. The van der Waals surface area contributed by atoms with Crippen LogP contribution >= 0.6 is 23.2 Å². The van der Waals surface area contributed by atoms with Gasteiger partial charge in [0.2, 0.25) is 11.8 Å². The van der Waals surface area contributed by atoms with Gasteiger partial charge in [0, 0.05) is 57.9 Å². The molecule has 0 aromatic heterocycles. The largest absolute Gasteiger partial charge is 1.00 e. The van der Waals surface area contributed by atoms with Gasteiger partial charge >= 0.3 is 6.03 Å². The maximum Gasteiger partial charge on any atom is 0.322 e. The quantitative estimate of drug-likeness (QED) is 0.182. The second-order valence-electron chi connectivity index (χ2n) is 10.1. The van der Waals surface area contributed by atoms with Gasteiger partial charge in [0.25, 0.3) is 5.91 Å². The summed E-state index contributed by atoms with van der Waals surface area (Å²) in [5, 5.41) is 6.04. The van der Waals surface area contributed by atoms with E-state index in [9.17, 15) is 19.2 Å². The minimum atomic E-state index is -0.764. The predicted molar refractivity (Wildman–Crippen MR) is 137 cm³/mol. The van der Waals surface area contributed by atoms with Gasteiger partial charge in [-0.2, -0.15) is 0 Å². The molecule has 37 heavy (non-hydrogen) atoms. The first-order valence-electron chi connectivity index (χ1n) is 12.3. The van der Waals surface area contributed by atoms with Crippen LogP contribution < -0.4 is 34.6 Å². The van der Waals surface area contributed by atoms with E-state index in [0.717, 1.165) is 36.1 Å². The first kappa shape index (κ1) is 29.7. The van der Waals surface area contributed by atoms with E-state index in [1.165, 1.54) is 6.08 Å². The van der Waals surface area contributed by atoms with E-state index >= 15 is 0 Å². The number of amides is 5. The molecule has 12 heteroatoms. The first-order valence-corrected chi connectivity index (χ1v) is 13.0. The van der Waals surface area contributed by atoms with Crippen molar-refractivity contribution in [3.63, 3.8) is 0 Å². The Morgan fingerprint density at radius 3 is 2.49 bits per heavy atom. The fourth-order valence-electron chi connectivity index (χ4n) is 5.12. The molecule has 0 bridgehead atoms. The Kier molecular flexibility index (Phi) is 9.87. The summed E-state index contributed by atoms with van der Waals surface area (Å²) in [6, 6.07) is 4.76. The average Bonchev–Trinajstić information content (AvgIpc) is 2.99. The van der Waals surface area contributed by atoms with Crippen molar-refractivity contribution < 1.29 is 47.6 Å². The first-order chi connectivity index (χ1) is 17.1. The molecule has 1 aromatic rings. The lowest BCUT2D eigenvalue weighted by molar-refractivity contribution is -0.915. The summed E-state index contributed by atoms with van der Waals surface area (Å²) in [7, 11) is 2.16. The molecular formula is C25H32Cl2IN5O4. The zero-order chi connectivity index (χ0) is 25.9. The highest BCUT2D eigenvalue weighted by atomic mass is 127. The van der Waals surface area contributed by atoms with Crippen LogP contribution in [0.3, 0.4) is 0 Å². The summed E-state index contributed by atoms with van der Waals surface area (Å²) in [5.41, 5.74) is 0.0151. The van der Waals surface area contributed by atoms with Gasteiger partial charge in [0.1, 0.15) is 5.54 Å². The Balaban J connectivity index is 0.00000380. The number of nitrogens with one attached hydrogen (secondary N) is 2. The third kappa shape index (κ3) is 7.15. The lowest BCUT2D eigenvalue weighted by Gasteiger charge is -2.43. The molecule has 5 amide bonds. The Labute approximate surface area is 244 Å². The number of urea groups is 1. The molecule has 2 N–H and O–H groups in total. The minimum Gasteiger partial charge on any atom is -1.00 e. The Morgan fingerprint density at radius 1 is 1.11 bits per heavy atom. The second kappa shape index (κ2) is 12.3. The van der Waals surface area contributed by atoms with Gasteiger partial charge in [-0.1, -0.05) is 29.3 Å². The Bertz CT molecular complexity index is 1090. The van der Waals surface area contributed by atoms with Gasteiger partial charge in [-0.25, -0.2) is 4.79 Å². The van der Waals surface area contributed by atoms with Crippen molar-refractivity contribution in [2.24, 2.45) is 0 Å². The SMILES string of the molecule is C[N+]1(CCCN2CCN(C(=O)/C=C/c3ccc(Cl)c(Cl)c3)CCC2=O)CCC2(CC1)NC(=O)NC2=O.[I-]. The summed E-state index contributed by atoms with van der Waals surface area (Å²) in [6.07, 6.45) is 5.55. The molecule has 0 aliphatic carbocycles. The highest BCUT2D eigenvalue weighted by molar-refractivity contribution is 6.42. The lowest BCUT2D eigenvalue weighted by Crippen LogP contribution is -3.00. The lowest BCUT2D eigenvalue weighted by atomic mass is 9.86. The number of hydrogen-bond acceptors (Lipinski definition) is 4. The van der Waals surface area contributed by atoms with E-state index in [4.69, 9.17) is 23.2 Å². The monoisotopic (exact) mass is 663 g/mol. The average molecular weight is 664 g/mol. The fraction of sp³-hybridized carbons (Fsp3) is 0.520. The van der Waals surface area contributed by atoms with E-state index in [0.29, 0.717) is 55.5 Å². The van der Waals surface area contributed by atoms with Crippen LogP contribution in [0.1, 0.15) is 31.2 Å². The van der Waals surface area contributed by atoms with Crippen molar-refractivity contribution >= 4 is 53.0 Å². The van der Waals surface area contributed by atoms with E-state index in [1.807, 2.05) is 4.90 Å². The number of carbonyl (C=O) groups is 4. The van der Waals surface area contributed by atoms with Gasteiger partial charge in [0.15, 0.2) is 0 Å². The zero-order valence-corrected chi connectivity index (χ0v) is 24.4. The summed E-state index contributed by atoms with van der Waals surface area (Å²) in [4.78, 5) is 52.7. The van der Waals surface area contributed by atoms with Crippen LogP contribution in [0, 0.1) is 0 Å². The molecule has 1 spiro atoms. The van der Waals surface area contributed by atoms with Gasteiger partial charge in [-0.3, -0.25) is 19.7 Å². The molecule has 3 aliphatic heterocycles. The van der Waals surface area contributed by atoms with E-state index in [-0.39, 0.29) is 41.7 Å². The topological polar surface area (TPSA) is 98.8 Å². The van der Waals surface area contributed by atoms with Crippen LogP contribution in [0.2, 0.25) is 10.0 Å². The minimum absolute atomic E-state index is 0. The van der Waals surface area contributed by atoms with Crippen LogP contribution in [0.4, 0.5) is 4.79 Å². The third-order valence-electron chi connectivity index (χ3n) is 7.56. The Morgan fingerprint density at radius 2 is 1.84 bits per heavy atom. The molecular weight excluding hydrogens is 632 g/mol. The number of quaternary nitrogens is 1. The van der Waals surface area contributed by atoms with Crippen molar-refractivity contribution in [3.05, 3.63) is 39.9 Å². The normalized spacial score (nSPS) is 26.2. The van der Waals surface area contributed by atoms with Crippen molar-refractivity contribution in [1.29, 1.82) is 0 Å². The highest BCUT2D eigenvalue weighted by Crippen LogP contribution is 2.29. The summed E-state index contributed by atoms with van der Waals surface area (Å²) in [5.74, 6) is -0.303. The van der Waals surface area contributed by atoms with Crippen molar-refractivity contribution in [2.75, 3.05) is 52.9 Å². The van der Waals surface area contributed by atoms with Gasteiger partial charge in [-0.05, 0) is 23.8 Å². The predicted octanol–water partition coefficient (Wildman–Crippen LogP) is -0.720. The zero-order valence-electron chi connectivity index (χ0n) is 20.8. The molecule has 9 nitrogen and oxygen atoms in total. The maximum absolute atomic E-state index is 12.7. The molecule has 4 rings (SSSR count). The molecule has 0 atom stereocenters. The third-order valence-corrected chi connectivity index (χ3v) is 8.30. The fourth-order valence-corrected chi connectivity index (χ4v) is 5.42. The van der Waals surface area contributed by atoms with Crippen molar-refractivity contribution in [1.82, 2.24) is 20.4 Å². The smallest absolute Gasteiger partial charge is 0.322 e. The van der Waals surface area contributed by atoms with Gasteiger partial charge < -0.3 is 43.6 Å². The van der Waals surface area contributed by atoms with Crippen LogP contribution in [0.15, 0.2) is 24.3 Å². The molecule has 3 fully saturated rings. The number of piperidine rings is 1. The number of nitrogens with zero attached hydrogens (tertiary/aromatic N) is 3. The number of halogens is 3. The summed E-state index contributed by atoms with van der Waals surface area (Å²) >= 11 is 12.0. The number of rotatable bonds is 6. The number of carbonyl (C=O) groups excluding carboxylic acids is 4. The van der Waals surface area contributed by atoms with E-state index in [1.54, 1.807) is 29.2 Å². The number of benzene rings is 1. The molecule has 3 heterocycles. The molecule has 0 radical (unpaired) electrons. The summed E-state index contributed by atoms with van der Waals surface area (Å²) < 4.78 is 0.803. The van der Waals surface area contributed by atoms with Gasteiger partial charge in [0.05, 0.1) is 36.7 Å². The van der Waals surface area contributed by atoms with Crippen LogP contribution in [-0.4, -0.2) is 96.4 Å². The maximum atomic E-state index is 12.7. The second-order valence-corrected chi connectivity index (χ2v) is 10.9. The number of likely N-dealkylation sites (tertiary alicyclic amines) is 1. The molecule has 0 saturated carbocycles. The molecule has 1 aromatic carbocycles. The summed E-state index contributed by atoms with van der Waals surface area (Å²) in [6.45, 7) is 4.47. The van der Waals surface area contributed by atoms with Crippen LogP contribution in [0.25, 0.3) is 6.08 Å². The highest BCUT2D eigenvalue weighted by Gasteiger charge is 2.51. The van der Waals surface area contributed by atoms with E-state index in [2.05, 4.69) is 17.7 Å².